The van der Waals surface area contributed by atoms with Crippen molar-refractivity contribution < 1.29 is 22.7 Å². The van der Waals surface area contributed by atoms with Gasteiger partial charge in [-0.2, -0.15) is 4.31 Å². The molecule has 5 rings (SSSR count). The van der Waals surface area contributed by atoms with Gasteiger partial charge in [-0.05, 0) is 18.2 Å². The average Bonchev–Trinajstić information content (AvgIpc) is 3.45. The molecule has 3 aromatic rings. The molecule has 2 fully saturated rings. The second-order valence-electron chi connectivity index (χ2n) is 8.26. The van der Waals surface area contributed by atoms with Gasteiger partial charge in [-0.15, -0.1) is 11.3 Å². The van der Waals surface area contributed by atoms with E-state index in [0.29, 0.717) is 56.7 Å². The van der Waals surface area contributed by atoms with E-state index >= 15 is 0 Å². The Morgan fingerprint density at radius 1 is 1.09 bits per heavy atom. The summed E-state index contributed by atoms with van der Waals surface area (Å²) in [5.41, 5.74) is 0.859. The average molecular weight is 494 g/mol. The minimum Gasteiger partial charge on any atom is -0.455 e. The van der Waals surface area contributed by atoms with Crippen molar-refractivity contribution in [3.05, 3.63) is 28.8 Å². The van der Waals surface area contributed by atoms with Crippen molar-refractivity contribution in [3.8, 4) is 11.6 Å². The zero-order valence-electron chi connectivity index (χ0n) is 18.4. The van der Waals surface area contributed by atoms with Crippen LogP contribution in [-0.4, -0.2) is 91.4 Å². The molecule has 0 unspecified atom stereocenters. The second-order valence-corrected chi connectivity index (χ2v) is 11.4. The van der Waals surface area contributed by atoms with Gasteiger partial charge in [0.05, 0.1) is 29.7 Å². The van der Waals surface area contributed by atoms with Crippen molar-refractivity contribution in [1.82, 2.24) is 19.2 Å². The Balaban J connectivity index is 1.44. The Morgan fingerprint density at radius 2 is 1.85 bits per heavy atom. The number of piperazine rings is 1. The Hall–Kier alpha value is -2.09. The van der Waals surface area contributed by atoms with Gasteiger partial charge in [0, 0.05) is 50.7 Å². The summed E-state index contributed by atoms with van der Waals surface area (Å²) in [6, 6.07) is 5.60. The first-order valence-electron chi connectivity index (χ1n) is 10.9. The molecule has 0 radical (unpaired) electrons. The molecule has 0 bridgehead atoms. The summed E-state index contributed by atoms with van der Waals surface area (Å²) < 4.78 is 37.4. The van der Waals surface area contributed by atoms with Gasteiger partial charge in [0.25, 0.3) is 0 Å². The summed E-state index contributed by atoms with van der Waals surface area (Å²) in [7, 11) is -3.14. The molecule has 0 atom stereocenters. The molecule has 33 heavy (non-hydrogen) atoms. The Labute approximate surface area is 196 Å². The van der Waals surface area contributed by atoms with Crippen LogP contribution in [0.3, 0.4) is 0 Å². The summed E-state index contributed by atoms with van der Waals surface area (Å²) in [5.74, 6) is 2.37. The summed E-state index contributed by atoms with van der Waals surface area (Å²) in [6.07, 6.45) is 1.26. The van der Waals surface area contributed by atoms with E-state index in [0.717, 1.165) is 40.5 Å². The Morgan fingerprint density at radius 3 is 2.52 bits per heavy atom. The van der Waals surface area contributed by atoms with E-state index in [-0.39, 0.29) is 6.61 Å². The van der Waals surface area contributed by atoms with Crippen molar-refractivity contribution in [1.29, 1.82) is 0 Å². The smallest absolute Gasteiger partial charge is 0.211 e. The lowest BCUT2D eigenvalue weighted by molar-refractivity contribution is 0.122. The van der Waals surface area contributed by atoms with Gasteiger partial charge in [-0.3, -0.25) is 4.90 Å². The highest BCUT2D eigenvalue weighted by atomic mass is 32.2. The first-order valence-corrected chi connectivity index (χ1v) is 13.6. The highest BCUT2D eigenvalue weighted by molar-refractivity contribution is 7.88. The lowest BCUT2D eigenvalue weighted by Crippen LogP contribution is -2.47. The molecule has 10 nitrogen and oxygen atoms in total. The molecule has 0 amide bonds. The number of thiophene rings is 1. The molecular formula is C21H27N5O5S2. The predicted octanol–water partition coefficient (Wildman–Crippen LogP) is 1.36. The normalized spacial score (nSPS) is 18.9. The fourth-order valence-electron chi connectivity index (χ4n) is 4.16. The molecule has 0 aromatic carbocycles. The van der Waals surface area contributed by atoms with Crippen LogP contribution >= 0.6 is 11.3 Å². The van der Waals surface area contributed by atoms with Crippen LogP contribution in [0.15, 0.2) is 22.6 Å². The fraction of sp³-hybridized carbons (Fsp3) is 0.524. The summed E-state index contributed by atoms with van der Waals surface area (Å²) in [4.78, 5) is 15.3. The molecule has 2 aliphatic rings. The van der Waals surface area contributed by atoms with Gasteiger partial charge < -0.3 is 19.2 Å². The first-order chi connectivity index (χ1) is 15.9. The zero-order chi connectivity index (χ0) is 23.0. The topological polar surface area (TPSA) is 112 Å². The lowest BCUT2D eigenvalue weighted by atomic mass is 10.3. The van der Waals surface area contributed by atoms with Crippen LogP contribution in [0.5, 0.6) is 0 Å². The van der Waals surface area contributed by atoms with Gasteiger partial charge in [-0.1, -0.05) is 0 Å². The molecular weight excluding hydrogens is 466 g/mol. The number of aromatic nitrogens is 2. The molecule has 12 heteroatoms. The molecule has 0 spiro atoms. The second kappa shape index (κ2) is 9.28. The van der Waals surface area contributed by atoms with E-state index in [1.165, 1.54) is 10.6 Å². The van der Waals surface area contributed by atoms with Gasteiger partial charge in [0.15, 0.2) is 17.4 Å². The van der Waals surface area contributed by atoms with E-state index in [1.807, 2.05) is 0 Å². The molecule has 178 valence electrons. The number of fused-ring (bicyclic) bond motifs is 1. The van der Waals surface area contributed by atoms with Gasteiger partial charge in [-0.25, -0.2) is 18.4 Å². The molecule has 5 heterocycles. The molecule has 2 saturated heterocycles. The van der Waals surface area contributed by atoms with Crippen molar-refractivity contribution >= 4 is 37.4 Å². The quantitative estimate of drug-likeness (QED) is 0.544. The number of nitrogens with zero attached hydrogens (tertiary/aromatic N) is 5. The fourth-order valence-corrected chi connectivity index (χ4v) is 6.15. The minimum absolute atomic E-state index is 0.173. The summed E-state index contributed by atoms with van der Waals surface area (Å²) in [5, 5.41) is 9.35. The van der Waals surface area contributed by atoms with Crippen LogP contribution in [0.2, 0.25) is 0 Å². The highest BCUT2D eigenvalue weighted by Crippen LogP contribution is 2.35. The van der Waals surface area contributed by atoms with Crippen LogP contribution in [0.1, 0.15) is 10.6 Å². The summed E-state index contributed by atoms with van der Waals surface area (Å²) >= 11 is 1.68. The van der Waals surface area contributed by atoms with Crippen LogP contribution in [0, 0.1) is 0 Å². The number of rotatable bonds is 6. The van der Waals surface area contributed by atoms with E-state index in [2.05, 4.69) is 15.9 Å². The minimum atomic E-state index is -3.14. The van der Waals surface area contributed by atoms with Crippen LogP contribution in [0.25, 0.3) is 21.8 Å². The molecule has 3 aromatic heterocycles. The van der Waals surface area contributed by atoms with Crippen molar-refractivity contribution in [2.45, 2.75) is 13.2 Å². The van der Waals surface area contributed by atoms with Crippen LogP contribution in [-0.2, 0) is 27.9 Å². The Kier molecular flexibility index (Phi) is 6.38. The molecule has 2 aliphatic heterocycles. The van der Waals surface area contributed by atoms with E-state index in [9.17, 15) is 13.5 Å². The maximum Gasteiger partial charge on any atom is 0.211 e. The van der Waals surface area contributed by atoms with E-state index < -0.39 is 10.0 Å². The van der Waals surface area contributed by atoms with Crippen LogP contribution < -0.4 is 4.90 Å². The standard InChI is InChI=1S/C21H27N5O5S2/c1-33(28,29)26-6-4-24(5-7-26)13-16-12-17-19(32-16)21(25-8-10-30-11-9-25)23-20(22-17)18-3-2-15(14-27)31-18/h2-3,12,27H,4-11,13-14H2,1H3. The van der Waals surface area contributed by atoms with Gasteiger partial charge >= 0.3 is 0 Å². The predicted molar refractivity (Wildman–Crippen MR) is 126 cm³/mol. The third kappa shape index (κ3) is 4.91. The lowest BCUT2D eigenvalue weighted by Gasteiger charge is -2.32. The van der Waals surface area contributed by atoms with Crippen molar-refractivity contribution in [2.75, 3.05) is 63.6 Å². The summed E-state index contributed by atoms with van der Waals surface area (Å²) in [6.45, 7) is 5.81. The molecule has 1 N–H and O–H groups in total. The number of morpholine rings is 1. The first kappa shape index (κ1) is 22.7. The Bertz CT molecular complexity index is 1230. The van der Waals surface area contributed by atoms with Crippen molar-refractivity contribution in [2.24, 2.45) is 0 Å². The maximum absolute atomic E-state index is 11.8. The maximum atomic E-state index is 11.8. The number of sulfonamides is 1. The highest BCUT2D eigenvalue weighted by Gasteiger charge is 2.25. The number of hydrogen-bond acceptors (Lipinski definition) is 10. The van der Waals surface area contributed by atoms with E-state index in [1.54, 1.807) is 23.5 Å². The zero-order valence-corrected chi connectivity index (χ0v) is 20.1. The van der Waals surface area contributed by atoms with Crippen LogP contribution in [0.4, 0.5) is 5.82 Å². The monoisotopic (exact) mass is 493 g/mol. The number of hydrogen-bond donors (Lipinski definition) is 1. The number of ether oxygens (including phenoxy) is 1. The largest absolute Gasteiger partial charge is 0.455 e. The third-order valence-electron chi connectivity index (χ3n) is 5.93. The number of aliphatic hydroxyl groups excluding tert-OH is 1. The van der Waals surface area contributed by atoms with Gasteiger partial charge in [0.2, 0.25) is 10.0 Å². The number of anilines is 1. The number of aliphatic hydroxyl groups is 1. The molecule has 0 saturated carbocycles. The number of furan rings is 1. The van der Waals surface area contributed by atoms with E-state index in [4.69, 9.17) is 19.1 Å². The third-order valence-corrected chi connectivity index (χ3v) is 8.34. The van der Waals surface area contributed by atoms with Crippen molar-refractivity contribution in [3.63, 3.8) is 0 Å². The SMILES string of the molecule is CS(=O)(=O)N1CCN(Cc2cc3nc(-c4ccc(CO)o4)nc(N4CCOCC4)c3s2)CC1. The van der Waals surface area contributed by atoms with Gasteiger partial charge in [0.1, 0.15) is 12.4 Å². The molecule has 0 aliphatic carbocycles.